The van der Waals surface area contributed by atoms with E-state index in [2.05, 4.69) is 47.2 Å². The van der Waals surface area contributed by atoms with Gasteiger partial charge in [-0.05, 0) is 44.6 Å². The van der Waals surface area contributed by atoms with Crippen LogP contribution in [0.25, 0.3) is 11.2 Å². The molecule has 0 bridgehead atoms. The molecule has 1 saturated heterocycles. The number of nitrogens with zero attached hydrogens (tertiary/aromatic N) is 4. The number of nitrogens with one attached hydrogen (secondary N) is 1. The Morgan fingerprint density at radius 3 is 2.66 bits per heavy atom. The van der Waals surface area contributed by atoms with Gasteiger partial charge in [-0.25, -0.2) is 4.98 Å². The molecule has 0 radical (unpaired) electrons. The van der Waals surface area contributed by atoms with E-state index in [1.165, 1.54) is 12.3 Å². The van der Waals surface area contributed by atoms with Gasteiger partial charge in [0, 0.05) is 49.3 Å². The summed E-state index contributed by atoms with van der Waals surface area (Å²) in [6, 6.07) is 6.11. The molecule has 2 aromatic rings. The van der Waals surface area contributed by atoms with Crippen molar-refractivity contribution in [2.45, 2.75) is 32.9 Å². The molecule has 2 aromatic heterocycles. The fraction of sp³-hybridized carbons (Fsp3) is 0.318. The molecule has 7 heteroatoms. The smallest absolute Gasteiger partial charge is 0.258 e. The first kappa shape index (κ1) is 21.0. The molecule has 1 N–H and O–H groups in total. The van der Waals surface area contributed by atoms with E-state index in [9.17, 15) is 4.79 Å². The van der Waals surface area contributed by atoms with E-state index in [0.717, 1.165) is 18.8 Å². The highest BCUT2D eigenvalue weighted by Crippen LogP contribution is 2.19. The van der Waals surface area contributed by atoms with E-state index in [1.807, 2.05) is 18.3 Å². The Bertz CT molecular complexity index is 1060. The number of fused-ring (bicyclic) bond motifs is 1. The highest BCUT2D eigenvalue weighted by atomic mass is 35.5. The van der Waals surface area contributed by atoms with E-state index >= 15 is 0 Å². The van der Waals surface area contributed by atoms with Crippen molar-refractivity contribution in [2.75, 3.05) is 18.0 Å². The molecule has 29 heavy (non-hydrogen) atoms. The van der Waals surface area contributed by atoms with Crippen LogP contribution in [0.5, 0.6) is 0 Å². The number of allylic oxidation sites excluding steroid dienone is 4. The van der Waals surface area contributed by atoms with Crippen molar-refractivity contribution in [1.29, 1.82) is 0 Å². The standard InChI is InChI=1S/C22H26ClN5O/c1-14(2)24-10-18(23)8-15(3)20-9-22(29)28-13-19(6-7-21(28)26-20)27-11-16(4)25-17(5)12-27/h6-10,13,16-17,25H,1,3,11-12H2,2,4-5H3/b18-8+,24-10+/t16-,17+. The summed E-state index contributed by atoms with van der Waals surface area (Å²) in [4.78, 5) is 23.6. The second kappa shape index (κ2) is 8.76. The monoisotopic (exact) mass is 411 g/mol. The number of hydrogen-bond acceptors (Lipinski definition) is 5. The van der Waals surface area contributed by atoms with Gasteiger partial charge in [0.05, 0.1) is 16.4 Å². The molecule has 1 fully saturated rings. The third-order valence-electron chi connectivity index (χ3n) is 4.62. The molecule has 0 spiro atoms. The first-order valence-corrected chi connectivity index (χ1v) is 9.91. The zero-order chi connectivity index (χ0) is 21.1. The SMILES string of the molecule is C=C(C)/N=C/C(Cl)=C\C(=C)c1cc(=O)n2cc(N3C[C@@H](C)N[C@@H](C)C3)ccc2n1. The van der Waals surface area contributed by atoms with Crippen LogP contribution in [0.4, 0.5) is 5.69 Å². The molecule has 1 aliphatic rings. The van der Waals surface area contributed by atoms with Gasteiger partial charge in [-0.2, -0.15) is 0 Å². The molecular weight excluding hydrogens is 386 g/mol. The van der Waals surface area contributed by atoms with E-state index in [0.29, 0.717) is 39.7 Å². The summed E-state index contributed by atoms with van der Waals surface area (Å²) < 4.78 is 1.57. The Morgan fingerprint density at radius 2 is 2.00 bits per heavy atom. The second-order valence-electron chi connectivity index (χ2n) is 7.52. The van der Waals surface area contributed by atoms with Gasteiger partial charge in [0.1, 0.15) is 5.65 Å². The average molecular weight is 412 g/mol. The number of hydrogen-bond donors (Lipinski definition) is 1. The summed E-state index contributed by atoms with van der Waals surface area (Å²) >= 11 is 6.15. The molecular formula is C22H26ClN5O. The minimum Gasteiger partial charge on any atom is -0.367 e. The molecule has 2 atom stereocenters. The molecule has 0 aliphatic carbocycles. The molecule has 0 saturated carbocycles. The van der Waals surface area contributed by atoms with E-state index in [1.54, 1.807) is 17.4 Å². The summed E-state index contributed by atoms with van der Waals surface area (Å²) in [6.07, 6.45) is 4.97. The Morgan fingerprint density at radius 1 is 1.31 bits per heavy atom. The van der Waals surface area contributed by atoms with E-state index in [4.69, 9.17) is 11.6 Å². The van der Waals surface area contributed by atoms with Crippen LogP contribution in [-0.2, 0) is 0 Å². The van der Waals surface area contributed by atoms with Crippen LogP contribution in [0, 0.1) is 0 Å². The average Bonchev–Trinajstić information content (AvgIpc) is 2.65. The summed E-state index contributed by atoms with van der Waals surface area (Å²) in [5, 5.41) is 3.90. The highest BCUT2D eigenvalue weighted by Gasteiger charge is 2.21. The van der Waals surface area contributed by atoms with E-state index in [-0.39, 0.29) is 5.56 Å². The number of aliphatic imine (C=N–C) groups is 1. The number of piperazine rings is 1. The van der Waals surface area contributed by atoms with Crippen LogP contribution in [0.3, 0.4) is 0 Å². The molecule has 0 amide bonds. The van der Waals surface area contributed by atoms with Crippen molar-refractivity contribution in [3.8, 4) is 0 Å². The number of pyridine rings is 1. The number of aromatic nitrogens is 2. The third kappa shape index (κ3) is 5.22. The molecule has 0 unspecified atom stereocenters. The molecule has 0 aromatic carbocycles. The Hall–Kier alpha value is -2.70. The van der Waals surface area contributed by atoms with Gasteiger partial charge < -0.3 is 10.2 Å². The first-order chi connectivity index (χ1) is 13.7. The van der Waals surface area contributed by atoms with Crippen molar-refractivity contribution in [1.82, 2.24) is 14.7 Å². The van der Waals surface area contributed by atoms with Crippen LogP contribution >= 0.6 is 11.6 Å². The number of rotatable bonds is 5. The van der Waals surface area contributed by atoms with E-state index < -0.39 is 0 Å². The lowest BCUT2D eigenvalue weighted by Crippen LogP contribution is -2.54. The fourth-order valence-electron chi connectivity index (χ4n) is 3.43. The lowest BCUT2D eigenvalue weighted by Gasteiger charge is -2.37. The number of halogens is 1. The topological polar surface area (TPSA) is 62.0 Å². The zero-order valence-corrected chi connectivity index (χ0v) is 17.8. The first-order valence-electron chi connectivity index (χ1n) is 9.53. The summed E-state index contributed by atoms with van der Waals surface area (Å²) in [5.41, 5.74) is 3.07. The van der Waals surface area contributed by atoms with Crippen molar-refractivity contribution < 1.29 is 0 Å². The summed E-state index contributed by atoms with van der Waals surface area (Å²) in [7, 11) is 0. The normalized spacial score (nSPS) is 20.4. The van der Waals surface area contributed by atoms with Crippen LogP contribution in [0.2, 0.25) is 0 Å². The van der Waals surface area contributed by atoms with Crippen molar-refractivity contribution in [2.24, 2.45) is 4.99 Å². The lowest BCUT2D eigenvalue weighted by molar-refractivity contribution is 0.407. The minimum absolute atomic E-state index is 0.163. The maximum atomic E-state index is 12.7. The van der Waals surface area contributed by atoms with Crippen molar-refractivity contribution in [3.63, 3.8) is 0 Å². The molecule has 3 rings (SSSR count). The van der Waals surface area contributed by atoms with Crippen LogP contribution in [0.1, 0.15) is 26.5 Å². The van der Waals surface area contributed by atoms with Gasteiger partial charge in [-0.3, -0.25) is 14.2 Å². The Kier molecular flexibility index (Phi) is 6.35. The maximum absolute atomic E-state index is 12.7. The molecule has 3 heterocycles. The van der Waals surface area contributed by atoms with Gasteiger partial charge >= 0.3 is 0 Å². The summed E-state index contributed by atoms with van der Waals surface area (Å²) in [5.74, 6) is 0. The van der Waals surface area contributed by atoms with Gasteiger partial charge in [0.2, 0.25) is 0 Å². The predicted molar refractivity (Wildman–Crippen MR) is 122 cm³/mol. The molecule has 6 nitrogen and oxygen atoms in total. The van der Waals surface area contributed by atoms with Crippen LogP contribution < -0.4 is 15.8 Å². The number of anilines is 1. The fourth-order valence-corrected chi connectivity index (χ4v) is 3.61. The predicted octanol–water partition coefficient (Wildman–Crippen LogP) is 3.62. The maximum Gasteiger partial charge on any atom is 0.258 e. The van der Waals surface area contributed by atoms with Gasteiger partial charge in [-0.1, -0.05) is 24.8 Å². The highest BCUT2D eigenvalue weighted by molar-refractivity contribution is 6.40. The van der Waals surface area contributed by atoms with Crippen LogP contribution in [-0.4, -0.2) is 40.8 Å². The summed E-state index contributed by atoms with van der Waals surface area (Å²) in [6.45, 7) is 15.5. The van der Waals surface area contributed by atoms with Gasteiger partial charge in [0.15, 0.2) is 0 Å². The van der Waals surface area contributed by atoms with Crippen molar-refractivity contribution in [3.05, 3.63) is 70.4 Å². The van der Waals surface area contributed by atoms with Crippen LogP contribution in [0.15, 0.2) is 64.1 Å². The minimum atomic E-state index is -0.163. The Labute approximate surface area is 175 Å². The van der Waals surface area contributed by atoms with Gasteiger partial charge in [0.25, 0.3) is 5.56 Å². The Balaban J connectivity index is 1.90. The third-order valence-corrected chi connectivity index (χ3v) is 4.82. The molecule has 152 valence electrons. The molecule has 1 aliphatic heterocycles. The second-order valence-corrected chi connectivity index (χ2v) is 7.95. The van der Waals surface area contributed by atoms with Gasteiger partial charge in [-0.15, -0.1) is 0 Å². The quantitative estimate of drug-likeness (QED) is 0.603. The lowest BCUT2D eigenvalue weighted by atomic mass is 10.1. The largest absolute Gasteiger partial charge is 0.367 e. The zero-order valence-electron chi connectivity index (χ0n) is 17.0. The van der Waals surface area contributed by atoms with Crippen molar-refractivity contribution >= 4 is 34.7 Å².